The molecule has 0 aliphatic carbocycles. The van der Waals surface area contributed by atoms with E-state index in [9.17, 15) is 9.18 Å². The molecular weight excluding hydrogens is 283 g/mol. The van der Waals surface area contributed by atoms with Gasteiger partial charge < -0.3 is 15.8 Å². The number of aryl methyl sites for hydroxylation is 1. The van der Waals surface area contributed by atoms with Crippen LogP contribution >= 0.6 is 12.4 Å². The summed E-state index contributed by atoms with van der Waals surface area (Å²) in [5.74, 6) is -0.413. The summed E-state index contributed by atoms with van der Waals surface area (Å²) < 4.78 is 18.8. The molecule has 3 N–H and O–H groups in total. The number of carbonyl (C=O) groups is 1. The smallest absolute Gasteiger partial charge is 0.249 e. The molecule has 1 aliphatic heterocycles. The molecule has 1 aromatic carbocycles. The lowest BCUT2D eigenvalue weighted by atomic mass is 10.1. The number of rotatable bonds is 4. The first kappa shape index (κ1) is 16.9. The quantitative estimate of drug-likeness (QED) is 0.889. The number of halogens is 2. The molecule has 20 heavy (non-hydrogen) atoms. The van der Waals surface area contributed by atoms with Crippen molar-refractivity contribution >= 4 is 18.3 Å². The lowest BCUT2D eigenvalue weighted by molar-refractivity contribution is -0.132. The summed E-state index contributed by atoms with van der Waals surface area (Å²) in [4.78, 5) is 11.9. The van der Waals surface area contributed by atoms with Gasteiger partial charge >= 0.3 is 0 Å². The second kappa shape index (κ2) is 7.57. The zero-order valence-corrected chi connectivity index (χ0v) is 12.2. The standard InChI is InChI=1S/C14H19FN2O2.ClH/c1-9-2-3-10(6-12(9)15)8-17-14(18)13-5-4-11(7-16)19-13;/h2-3,6,11,13H,4-5,7-8,16H2,1H3,(H,17,18);1H/t11-,13+;/m1./s1. The number of hydrogen-bond donors (Lipinski definition) is 2. The van der Waals surface area contributed by atoms with Gasteiger partial charge in [-0.2, -0.15) is 0 Å². The maximum Gasteiger partial charge on any atom is 0.249 e. The lowest BCUT2D eigenvalue weighted by Crippen LogP contribution is -2.35. The van der Waals surface area contributed by atoms with E-state index in [4.69, 9.17) is 10.5 Å². The Hall–Kier alpha value is -1.17. The maximum atomic E-state index is 13.4. The molecule has 1 heterocycles. The van der Waals surface area contributed by atoms with Crippen molar-refractivity contribution in [1.82, 2.24) is 5.32 Å². The first-order chi connectivity index (χ1) is 9.10. The molecule has 4 nitrogen and oxygen atoms in total. The second-order valence-electron chi connectivity index (χ2n) is 4.86. The molecule has 1 fully saturated rings. The highest BCUT2D eigenvalue weighted by Gasteiger charge is 2.29. The Morgan fingerprint density at radius 2 is 2.25 bits per heavy atom. The van der Waals surface area contributed by atoms with E-state index in [1.165, 1.54) is 6.07 Å². The number of nitrogens with one attached hydrogen (secondary N) is 1. The Labute approximate surface area is 124 Å². The average molecular weight is 303 g/mol. The third-order valence-electron chi connectivity index (χ3n) is 3.37. The zero-order chi connectivity index (χ0) is 13.8. The Balaban J connectivity index is 0.00000200. The van der Waals surface area contributed by atoms with Crippen LogP contribution in [-0.2, 0) is 16.1 Å². The first-order valence-electron chi connectivity index (χ1n) is 6.48. The van der Waals surface area contributed by atoms with Gasteiger partial charge in [-0.3, -0.25) is 4.79 Å². The van der Waals surface area contributed by atoms with Gasteiger partial charge in [0.2, 0.25) is 5.91 Å². The van der Waals surface area contributed by atoms with E-state index in [1.807, 2.05) is 0 Å². The molecule has 1 saturated heterocycles. The van der Waals surface area contributed by atoms with Gasteiger partial charge in [0.05, 0.1) is 6.10 Å². The topological polar surface area (TPSA) is 64.4 Å². The van der Waals surface area contributed by atoms with Gasteiger partial charge in [-0.05, 0) is 37.0 Å². The molecule has 2 atom stereocenters. The molecule has 0 radical (unpaired) electrons. The molecule has 0 saturated carbocycles. The van der Waals surface area contributed by atoms with Crippen LogP contribution < -0.4 is 11.1 Å². The van der Waals surface area contributed by atoms with E-state index in [-0.39, 0.29) is 30.2 Å². The van der Waals surface area contributed by atoms with E-state index in [2.05, 4.69) is 5.32 Å². The molecule has 0 spiro atoms. The third-order valence-corrected chi connectivity index (χ3v) is 3.37. The Morgan fingerprint density at radius 1 is 1.50 bits per heavy atom. The van der Waals surface area contributed by atoms with E-state index in [0.717, 1.165) is 12.0 Å². The summed E-state index contributed by atoms with van der Waals surface area (Å²) in [6.45, 7) is 2.45. The lowest BCUT2D eigenvalue weighted by Gasteiger charge is -2.13. The Bertz CT molecular complexity index is 470. The van der Waals surface area contributed by atoms with Crippen LogP contribution in [-0.4, -0.2) is 24.7 Å². The fraction of sp³-hybridized carbons (Fsp3) is 0.500. The van der Waals surface area contributed by atoms with Crippen LogP contribution in [0.5, 0.6) is 0 Å². The van der Waals surface area contributed by atoms with Gasteiger partial charge in [0, 0.05) is 13.1 Å². The van der Waals surface area contributed by atoms with Crippen LogP contribution in [0.15, 0.2) is 18.2 Å². The Morgan fingerprint density at radius 3 is 2.85 bits per heavy atom. The first-order valence-corrected chi connectivity index (χ1v) is 6.48. The average Bonchev–Trinajstić information content (AvgIpc) is 2.88. The minimum atomic E-state index is -0.427. The van der Waals surface area contributed by atoms with Gasteiger partial charge in [0.15, 0.2) is 0 Å². The molecule has 0 bridgehead atoms. The van der Waals surface area contributed by atoms with E-state index in [1.54, 1.807) is 19.1 Å². The largest absolute Gasteiger partial charge is 0.364 e. The number of amides is 1. The molecule has 6 heteroatoms. The molecule has 1 amide bonds. The van der Waals surface area contributed by atoms with Gasteiger partial charge in [0.25, 0.3) is 0 Å². The van der Waals surface area contributed by atoms with Crippen molar-refractivity contribution in [2.24, 2.45) is 5.73 Å². The summed E-state index contributed by atoms with van der Waals surface area (Å²) in [6, 6.07) is 4.94. The summed E-state index contributed by atoms with van der Waals surface area (Å²) >= 11 is 0. The monoisotopic (exact) mass is 302 g/mol. The number of benzene rings is 1. The number of ether oxygens (including phenoxy) is 1. The van der Waals surface area contributed by atoms with Crippen molar-refractivity contribution in [2.45, 2.75) is 38.5 Å². The van der Waals surface area contributed by atoms with Crippen molar-refractivity contribution in [3.63, 3.8) is 0 Å². The molecule has 1 aromatic rings. The molecule has 2 rings (SSSR count). The predicted octanol–water partition coefficient (Wildman–Crippen LogP) is 1.68. The van der Waals surface area contributed by atoms with Gasteiger partial charge in [-0.25, -0.2) is 4.39 Å². The van der Waals surface area contributed by atoms with Gasteiger partial charge in [0.1, 0.15) is 11.9 Å². The van der Waals surface area contributed by atoms with Crippen molar-refractivity contribution < 1.29 is 13.9 Å². The fourth-order valence-corrected chi connectivity index (χ4v) is 2.12. The van der Waals surface area contributed by atoms with Crippen LogP contribution in [0.2, 0.25) is 0 Å². The van der Waals surface area contributed by atoms with Crippen LogP contribution in [0.3, 0.4) is 0 Å². The summed E-state index contributed by atoms with van der Waals surface area (Å²) in [7, 11) is 0. The van der Waals surface area contributed by atoms with Crippen LogP contribution in [0.4, 0.5) is 4.39 Å². The van der Waals surface area contributed by atoms with Crippen molar-refractivity contribution in [1.29, 1.82) is 0 Å². The number of carbonyl (C=O) groups excluding carboxylic acids is 1. The van der Waals surface area contributed by atoms with E-state index >= 15 is 0 Å². The highest BCUT2D eigenvalue weighted by Crippen LogP contribution is 2.19. The highest BCUT2D eigenvalue weighted by molar-refractivity contribution is 5.85. The minimum absolute atomic E-state index is 0. The summed E-state index contributed by atoms with van der Waals surface area (Å²) in [6.07, 6.45) is 1.06. The maximum absolute atomic E-state index is 13.4. The molecule has 0 unspecified atom stereocenters. The van der Waals surface area contributed by atoms with Crippen molar-refractivity contribution in [3.8, 4) is 0 Å². The molecule has 0 aromatic heterocycles. The molecular formula is C14H20ClFN2O2. The van der Waals surface area contributed by atoms with Crippen molar-refractivity contribution in [2.75, 3.05) is 6.54 Å². The van der Waals surface area contributed by atoms with Crippen LogP contribution in [0.25, 0.3) is 0 Å². The zero-order valence-electron chi connectivity index (χ0n) is 11.4. The van der Waals surface area contributed by atoms with Gasteiger partial charge in [-0.1, -0.05) is 12.1 Å². The SMILES string of the molecule is Cc1ccc(CNC(=O)[C@@H]2CC[C@H](CN)O2)cc1F.Cl. The van der Waals surface area contributed by atoms with E-state index < -0.39 is 6.10 Å². The van der Waals surface area contributed by atoms with Crippen molar-refractivity contribution in [3.05, 3.63) is 35.1 Å². The summed E-state index contributed by atoms with van der Waals surface area (Å²) in [5, 5.41) is 2.76. The third kappa shape index (κ3) is 4.16. The highest BCUT2D eigenvalue weighted by atomic mass is 35.5. The van der Waals surface area contributed by atoms with Gasteiger partial charge in [-0.15, -0.1) is 12.4 Å². The minimum Gasteiger partial charge on any atom is -0.364 e. The fourth-order valence-electron chi connectivity index (χ4n) is 2.12. The second-order valence-corrected chi connectivity index (χ2v) is 4.86. The van der Waals surface area contributed by atoms with Crippen LogP contribution in [0.1, 0.15) is 24.0 Å². The van der Waals surface area contributed by atoms with E-state index in [0.29, 0.717) is 25.1 Å². The Kier molecular flexibility index (Phi) is 6.39. The predicted molar refractivity (Wildman–Crippen MR) is 77.2 cm³/mol. The number of nitrogens with two attached hydrogens (primary N) is 1. The summed E-state index contributed by atoms with van der Waals surface area (Å²) in [5.41, 5.74) is 6.83. The number of hydrogen-bond acceptors (Lipinski definition) is 3. The van der Waals surface area contributed by atoms with Crippen LogP contribution in [0, 0.1) is 12.7 Å². The molecule has 112 valence electrons. The normalized spacial score (nSPS) is 21.4. The molecule has 1 aliphatic rings.